The fraction of sp³-hybridized carbons (Fsp3) is 0.360. The van der Waals surface area contributed by atoms with Crippen LogP contribution in [0.2, 0.25) is 0 Å². The van der Waals surface area contributed by atoms with Crippen molar-refractivity contribution in [2.45, 2.75) is 25.3 Å². The van der Waals surface area contributed by atoms with Crippen LogP contribution in [0.1, 0.15) is 29.6 Å². The van der Waals surface area contributed by atoms with Crippen LogP contribution in [0.15, 0.2) is 48.5 Å². The van der Waals surface area contributed by atoms with E-state index in [1.165, 1.54) is 5.48 Å². The van der Waals surface area contributed by atoms with Crippen LogP contribution in [0.25, 0.3) is 11.1 Å². The molecule has 11 heteroatoms. The van der Waals surface area contributed by atoms with Crippen molar-refractivity contribution in [3.05, 3.63) is 54.1 Å². The van der Waals surface area contributed by atoms with Crippen molar-refractivity contribution in [2.75, 3.05) is 38.0 Å². The number of anilines is 1. The topological polar surface area (TPSA) is 166 Å². The third-order valence-corrected chi connectivity index (χ3v) is 5.86. The van der Waals surface area contributed by atoms with Crippen molar-refractivity contribution in [1.82, 2.24) is 21.0 Å². The second kappa shape index (κ2) is 13.3. The number of hydroxylamine groups is 1. The number of carbonyl (C=O) groups excluding carboxylic acids is 4. The molecule has 3 rings (SSSR count). The van der Waals surface area contributed by atoms with Gasteiger partial charge in [-0.05, 0) is 54.8 Å². The lowest BCUT2D eigenvalue weighted by molar-refractivity contribution is -0.131. The van der Waals surface area contributed by atoms with E-state index < -0.39 is 17.9 Å². The molecule has 0 unspecified atom stereocenters. The Hall–Kier alpha value is -3.80. The molecule has 2 aromatic rings. The number of rotatable bonds is 12. The van der Waals surface area contributed by atoms with Crippen LogP contribution in [-0.2, 0) is 14.4 Å². The molecule has 192 valence electrons. The highest BCUT2D eigenvalue weighted by atomic mass is 16.5. The number of likely N-dealkylation sites (tertiary alicyclic amines) is 1. The summed E-state index contributed by atoms with van der Waals surface area (Å²) in [7, 11) is 0. The summed E-state index contributed by atoms with van der Waals surface area (Å²) in [6.07, 6.45) is 2.37. The normalized spacial score (nSPS) is 13.8. The predicted octanol–water partition coefficient (Wildman–Crippen LogP) is 0.457. The Kier molecular flexibility index (Phi) is 9.92. The number of nitrogens with two attached hydrogens (primary N) is 1. The van der Waals surface area contributed by atoms with Gasteiger partial charge in [0.25, 0.3) is 11.8 Å². The molecule has 1 aliphatic rings. The Labute approximate surface area is 209 Å². The summed E-state index contributed by atoms with van der Waals surface area (Å²) in [6.45, 7) is 2.23. The first-order valence-corrected chi connectivity index (χ1v) is 11.8. The van der Waals surface area contributed by atoms with E-state index in [0.29, 0.717) is 24.2 Å². The molecule has 0 bridgehead atoms. The first-order valence-electron chi connectivity index (χ1n) is 11.8. The Morgan fingerprint density at radius 1 is 1.03 bits per heavy atom. The highest BCUT2D eigenvalue weighted by Gasteiger charge is 2.20. The maximum Gasteiger partial charge on any atom is 0.267 e. The van der Waals surface area contributed by atoms with Crippen molar-refractivity contribution in [3.8, 4) is 11.1 Å². The summed E-state index contributed by atoms with van der Waals surface area (Å²) < 4.78 is 0. The minimum Gasteiger partial charge on any atom is -0.343 e. The summed E-state index contributed by atoms with van der Waals surface area (Å²) in [5.74, 6) is -1.22. The molecule has 1 heterocycles. The van der Waals surface area contributed by atoms with Gasteiger partial charge >= 0.3 is 0 Å². The molecule has 2 aromatic carbocycles. The van der Waals surface area contributed by atoms with Gasteiger partial charge in [-0.25, -0.2) is 5.48 Å². The van der Waals surface area contributed by atoms with Crippen molar-refractivity contribution < 1.29 is 24.4 Å². The van der Waals surface area contributed by atoms with Gasteiger partial charge in [0.05, 0.1) is 6.54 Å². The molecule has 1 fully saturated rings. The zero-order valence-electron chi connectivity index (χ0n) is 20.0. The van der Waals surface area contributed by atoms with E-state index in [4.69, 9.17) is 10.9 Å². The molecule has 4 amide bonds. The van der Waals surface area contributed by atoms with E-state index in [1.807, 2.05) is 17.0 Å². The van der Waals surface area contributed by atoms with E-state index >= 15 is 0 Å². The zero-order valence-corrected chi connectivity index (χ0v) is 20.0. The molecule has 0 radical (unpaired) electrons. The quantitative estimate of drug-likeness (QED) is 0.141. The molecular formula is C25H32N6O5. The van der Waals surface area contributed by atoms with Crippen molar-refractivity contribution in [3.63, 3.8) is 0 Å². The smallest absolute Gasteiger partial charge is 0.267 e. The number of hydrogen-bond donors (Lipinski definition) is 6. The van der Waals surface area contributed by atoms with Gasteiger partial charge in [0.1, 0.15) is 6.04 Å². The number of nitrogens with zero attached hydrogens (tertiary/aromatic N) is 1. The largest absolute Gasteiger partial charge is 0.343 e. The molecule has 0 saturated carbocycles. The monoisotopic (exact) mass is 496 g/mol. The fourth-order valence-electron chi connectivity index (χ4n) is 3.85. The van der Waals surface area contributed by atoms with Gasteiger partial charge in [-0.15, -0.1) is 0 Å². The Bertz CT molecular complexity index is 1060. The van der Waals surface area contributed by atoms with Crippen LogP contribution in [0.5, 0.6) is 0 Å². The second-order valence-electron chi connectivity index (χ2n) is 8.46. The summed E-state index contributed by atoms with van der Waals surface area (Å²) in [5.41, 5.74) is 9.69. The van der Waals surface area contributed by atoms with E-state index in [2.05, 4.69) is 16.0 Å². The average Bonchev–Trinajstić information content (AvgIpc) is 3.31. The van der Waals surface area contributed by atoms with Crippen LogP contribution >= 0.6 is 0 Å². The third-order valence-electron chi connectivity index (χ3n) is 5.86. The Balaban J connectivity index is 1.43. The fourth-order valence-corrected chi connectivity index (χ4v) is 3.85. The maximum absolute atomic E-state index is 12.3. The van der Waals surface area contributed by atoms with Crippen molar-refractivity contribution in [2.24, 2.45) is 5.73 Å². The molecule has 1 aliphatic heterocycles. The van der Waals surface area contributed by atoms with Crippen molar-refractivity contribution in [1.29, 1.82) is 0 Å². The van der Waals surface area contributed by atoms with Gasteiger partial charge in [-0.2, -0.15) is 0 Å². The van der Waals surface area contributed by atoms with Crippen LogP contribution in [0, 0.1) is 0 Å². The highest BCUT2D eigenvalue weighted by Crippen LogP contribution is 2.22. The van der Waals surface area contributed by atoms with Crippen LogP contribution in [0.3, 0.4) is 0 Å². The average molecular weight is 497 g/mol. The van der Waals surface area contributed by atoms with Gasteiger partial charge in [0.2, 0.25) is 11.8 Å². The summed E-state index contributed by atoms with van der Waals surface area (Å²) in [5, 5.41) is 17.1. The van der Waals surface area contributed by atoms with Gasteiger partial charge in [-0.1, -0.05) is 24.3 Å². The number of hydrogen-bond acceptors (Lipinski definition) is 7. The predicted molar refractivity (Wildman–Crippen MR) is 134 cm³/mol. The molecule has 7 N–H and O–H groups in total. The first kappa shape index (κ1) is 26.8. The molecule has 1 saturated heterocycles. The minimum absolute atomic E-state index is 0.152. The van der Waals surface area contributed by atoms with Crippen LogP contribution in [-0.4, -0.2) is 72.5 Å². The molecule has 1 atom stereocenters. The number of nitrogens with one attached hydrogen (secondary N) is 4. The molecule has 0 spiro atoms. The Morgan fingerprint density at radius 3 is 2.28 bits per heavy atom. The summed E-state index contributed by atoms with van der Waals surface area (Å²) >= 11 is 0. The number of amides is 4. The first-order chi connectivity index (χ1) is 17.4. The lowest BCUT2D eigenvalue weighted by Gasteiger charge is -2.15. The molecular weight excluding hydrogens is 464 g/mol. The van der Waals surface area contributed by atoms with E-state index in [1.54, 1.807) is 36.4 Å². The summed E-state index contributed by atoms with van der Waals surface area (Å²) in [4.78, 5) is 49.4. The second-order valence-corrected chi connectivity index (χ2v) is 8.46. The third kappa shape index (κ3) is 7.60. The van der Waals surface area contributed by atoms with E-state index in [-0.39, 0.29) is 24.9 Å². The molecule has 36 heavy (non-hydrogen) atoms. The minimum atomic E-state index is -1.04. The number of benzene rings is 2. The van der Waals surface area contributed by atoms with E-state index in [0.717, 1.165) is 37.1 Å². The standard InChI is InChI=1S/C25H32N6O5/c26-15-21(25(35)30-36)29-24(34)19-6-4-17(5-7-19)18-8-10-20(11-9-18)28-22(32)16-27-12-2-14-31-13-1-3-23(31)33/h4-11,21,27,36H,1-3,12-16,26H2,(H,28,32)(H,29,34)(H,30,35)/t21-/m0/s1. The Morgan fingerprint density at radius 2 is 1.69 bits per heavy atom. The van der Waals surface area contributed by atoms with Gasteiger partial charge in [0.15, 0.2) is 0 Å². The summed E-state index contributed by atoms with van der Waals surface area (Å²) in [6, 6.07) is 13.1. The molecule has 11 nitrogen and oxygen atoms in total. The maximum atomic E-state index is 12.3. The lowest BCUT2D eigenvalue weighted by atomic mass is 10.0. The van der Waals surface area contributed by atoms with E-state index in [9.17, 15) is 19.2 Å². The lowest BCUT2D eigenvalue weighted by Crippen LogP contribution is -2.50. The SMILES string of the molecule is NC[C@H](NC(=O)c1ccc(-c2ccc(NC(=O)CNCCCN3CCCC3=O)cc2)cc1)C(=O)NO. The van der Waals surface area contributed by atoms with Crippen LogP contribution in [0.4, 0.5) is 5.69 Å². The molecule has 0 aliphatic carbocycles. The van der Waals surface area contributed by atoms with Gasteiger partial charge < -0.3 is 26.6 Å². The van der Waals surface area contributed by atoms with Gasteiger partial charge in [0, 0.05) is 37.3 Å². The number of carbonyl (C=O) groups is 4. The molecule has 0 aromatic heterocycles. The zero-order chi connectivity index (χ0) is 25.9. The van der Waals surface area contributed by atoms with Gasteiger partial charge in [-0.3, -0.25) is 24.4 Å². The van der Waals surface area contributed by atoms with Crippen LogP contribution < -0.4 is 27.2 Å². The van der Waals surface area contributed by atoms with Crippen molar-refractivity contribution >= 4 is 29.3 Å². The highest BCUT2D eigenvalue weighted by molar-refractivity contribution is 5.98.